The second kappa shape index (κ2) is 7.73. The Balaban J connectivity index is 1.80. The molecule has 0 spiro atoms. The first-order valence-corrected chi connectivity index (χ1v) is 8.82. The number of carbonyl (C=O) groups excluding carboxylic acids is 2. The van der Waals surface area contributed by atoms with Crippen molar-refractivity contribution < 1.29 is 27.2 Å². The van der Waals surface area contributed by atoms with E-state index in [-0.39, 0.29) is 17.9 Å². The van der Waals surface area contributed by atoms with E-state index in [1.165, 1.54) is 24.2 Å². The van der Waals surface area contributed by atoms with Gasteiger partial charge in [0.05, 0.1) is 23.0 Å². The van der Waals surface area contributed by atoms with Gasteiger partial charge < -0.3 is 15.1 Å². The van der Waals surface area contributed by atoms with Crippen molar-refractivity contribution >= 4 is 33.4 Å². The Kier molecular flexibility index (Phi) is 5.50. The van der Waals surface area contributed by atoms with Crippen LogP contribution in [0.1, 0.15) is 32.4 Å². The number of anilines is 1. The normalized spacial score (nSPS) is 11.5. The molecule has 0 saturated heterocycles. The highest BCUT2D eigenvalue weighted by atomic mass is 79.9. The highest BCUT2D eigenvalue weighted by molar-refractivity contribution is 9.10. The number of aromatic nitrogens is 4. The summed E-state index contributed by atoms with van der Waals surface area (Å²) in [5, 5.41) is 12.6. The van der Waals surface area contributed by atoms with Crippen LogP contribution in [0, 0.1) is 0 Å². The Labute approximate surface area is 170 Å². The molecule has 2 amide bonds. The first-order valence-electron chi connectivity index (χ1n) is 8.03. The van der Waals surface area contributed by atoms with Gasteiger partial charge in [0.1, 0.15) is 5.76 Å². The zero-order valence-corrected chi connectivity index (χ0v) is 16.6. The van der Waals surface area contributed by atoms with Gasteiger partial charge in [-0.1, -0.05) is 0 Å². The van der Waals surface area contributed by atoms with Gasteiger partial charge in [0.2, 0.25) is 0 Å². The molecule has 0 radical (unpaired) electrons. The van der Waals surface area contributed by atoms with Gasteiger partial charge >= 0.3 is 6.18 Å². The monoisotopic (exact) mass is 474 g/mol. The van der Waals surface area contributed by atoms with Crippen LogP contribution in [0.3, 0.4) is 0 Å². The lowest BCUT2D eigenvalue weighted by Crippen LogP contribution is -2.25. The van der Waals surface area contributed by atoms with Gasteiger partial charge in [0.25, 0.3) is 11.8 Å². The number of hydrogen-bond acceptors (Lipinski definition) is 5. The third-order valence-corrected chi connectivity index (χ3v) is 4.52. The smallest absolute Gasteiger partial charge is 0.434 e. The van der Waals surface area contributed by atoms with E-state index in [0.717, 1.165) is 7.05 Å². The van der Waals surface area contributed by atoms with Crippen LogP contribution in [0.4, 0.5) is 18.9 Å². The lowest BCUT2D eigenvalue weighted by atomic mass is 10.3. The summed E-state index contributed by atoms with van der Waals surface area (Å²) in [5.41, 5.74) is -1.69. The van der Waals surface area contributed by atoms with Gasteiger partial charge in [-0.3, -0.25) is 19.0 Å². The van der Waals surface area contributed by atoms with E-state index in [1.807, 2.05) is 0 Å². The third-order valence-electron chi connectivity index (χ3n) is 3.77. The number of aryl methyl sites for hydroxylation is 2. The van der Waals surface area contributed by atoms with Crippen molar-refractivity contribution in [2.45, 2.75) is 12.7 Å². The Bertz CT molecular complexity index is 1060. The topological polar surface area (TPSA) is 107 Å². The van der Waals surface area contributed by atoms with Crippen molar-refractivity contribution in [3.63, 3.8) is 0 Å². The Morgan fingerprint density at radius 3 is 2.52 bits per heavy atom. The van der Waals surface area contributed by atoms with E-state index in [2.05, 4.69) is 36.8 Å². The summed E-state index contributed by atoms with van der Waals surface area (Å²) in [4.78, 5) is 24.9. The van der Waals surface area contributed by atoms with Crippen molar-refractivity contribution in [1.29, 1.82) is 0 Å². The molecule has 13 heteroatoms. The zero-order valence-electron chi connectivity index (χ0n) is 15.0. The maximum atomic E-state index is 13.1. The molecule has 0 atom stereocenters. The molecule has 0 unspecified atom stereocenters. The van der Waals surface area contributed by atoms with Gasteiger partial charge in [0.15, 0.2) is 17.1 Å². The minimum absolute atomic E-state index is 0.0144. The lowest BCUT2D eigenvalue weighted by molar-refractivity contribution is -0.144. The fourth-order valence-corrected chi connectivity index (χ4v) is 3.29. The molecule has 0 aliphatic heterocycles. The maximum Gasteiger partial charge on any atom is 0.434 e. The first kappa shape index (κ1) is 20.6. The van der Waals surface area contributed by atoms with Crippen LogP contribution in [0.25, 0.3) is 0 Å². The van der Waals surface area contributed by atoms with Crippen LogP contribution in [0.2, 0.25) is 0 Å². The van der Waals surface area contributed by atoms with Crippen LogP contribution < -0.4 is 10.6 Å². The molecule has 3 aromatic heterocycles. The number of nitrogens with one attached hydrogen (secondary N) is 2. The van der Waals surface area contributed by atoms with Gasteiger partial charge in [0, 0.05) is 20.3 Å². The molecule has 0 aromatic carbocycles. The van der Waals surface area contributed by atoms with Crippen LogP contribution in [-0.2, 0) is 26.8 Å². The second-order valence-corrected chi connectivity index (χ2v) is 6.71. The number of rotatable bonds is 5. The quantitative estimate of drug-likeness (QED) is 0.591. The zero-order chi connectivity index (χ0) is 21.3. The summed E-state index contributed by atoms with van der Waals surface area (Å²) in [7, 11) is 2.60. The van der Waals surface area contributed by atoms with E-state index in [9.17, 15) is 22.8 Å². The summed E-state index contributed by atoms with van der Waals surface area (Å²) >= 11 is 2.78. The maximum absolute atomic E-state index is 13.1. The van der Waals surface area contributed by atoms with Crippen molar-refractivity contribution in [3.05, 3.63) is 51.9 Å². The van der Waals surface area contributed by atoms with Crippen LogP contribution in [-0.4, -0.2) is 31.4 Å². The predicted molar refractivity (Wildman–Crippen MR) is 96.9 cm³/mol. The molecule has 3 heterocycles. The summed E-state index contributed by atoms with van der Waals surface area (Å²) in [6.07, 6.45) is -1.90. The third kappa shape index (κ3) is 4.34. The van der Waals surface area contributed by atoms with Gasteiger partial charge in [-0.25, -0.2) is 0 Å². The molecule has 9 nitrogen and oxygen atoms in total. The average Bonchev–Trinajstić information content (AvgIpc) is 3.31. The van der Waals surface area contributed by atoms with Gasteiger partial charge in [-0.15, -0.1) is 0 Å². The number of nitrogens with zero attached hydrogens (tertiary/aromatic N) is 4. The van der Waals surface area contributed by atoms with Crippen molar-refractivity contribution in [2.75, 3.05) is 5.32 Å². The molecule has 0 bridgehead atoms. The van der Waals surface area contributed by atoms with E-state index < -0.39 is 33.9 Å². The molecule has 154 valence electrons. The molecule has 0 aliphatic carbocycles. The van der Waals surface area contributed by atoms with Gasteiger partial charge in [-0.05, 0) is 28.1 Å². The van der Waals surface area contributed by atoms with E-state index in [1.54, 1.807) is 12.1 Å². The SMILES string of the molecule is Cn1cc(NC(=O)c2nn(C)c(C(F)(F)F)c2Br)c(C(=O)NCc2ccco2)n1. The molecule has 2 N–H and O–H groups in total. The second-order valence-electron chi connectivity index (χ2n) is 5.91. The highest BCUT2D eigenvalue weighted by Crippen LogP contribution is 2.36. The number of halogens is 4. The van der Waals surface area contributed by atoms with E-state index in [4.69, 9.17) is 4.42 Å². The Hall–Kier alpha value is -3.09. The molecule has 0 fully saturated rings. The molecule has 3 rings (SSSR count). The van der Waals surface area contributed by atoms with Crippen molar-refractivity contribution in [3.8, 4) is 0 Å². The Morgan fingerprint density at radius 2 is 1.93 bits per heavy atom. The molecule has 0 aliphatic rings. The van der Waals surface area contributed by atoms with E-state index >= 15 is 0 Å². The summed E-state index contributed by atoms with van der Waals surface area (Å²) in [5.74, 6) is -1.03. The molecule has 29 heavy (non-hydrogen) atoms. The van der Waals surface area contributed by atoms with Crippen LogP contribution in [0.15, 0.2) is 33.5 Å². The molecule has 3 aromatic rings. The summed E-state index contributed by atoms with van der Waals surface area (Å²) in [6.45, 7) is 0.0938. The molecular weight excluding hydrogens is 461 g/mol. The average molecular weight is 475 g/mol. The summed E-state index contributed by atoms with van der Waals surface area (Å²) in [6, 6.07) is 3.33. The van der Waals surface area contributed by atoms with Crippen LogP contribution in [0.5, 0.6) is 0 Å². The predicted octanol–water partition coefficient (Wildman–Crippen LogP) is 2.71. The highest BCUT2D eigenvalue weighted by Gasteiger charge is 2.39. The number of alkyl halides is 3. The Morgan fingerprint density at radius 1 is 1.21 bits per heavy atom. The summed E-state index contributed by atoms with van der Waals surface area (Å²) < 4.78 is 45.7. The molecular formula is C16H14BrF3N6O3. The number of furan rings is 1. The minimum Gasteiger partial charge on any atom is -0.467 e. The number of carbonyl (C=O) groups is 2. The van der Waals surface area contributed by atoms with Crippen molar-refractivity contribution in [2.24, 2.45) is 14.1 Å². The fraction of sp³-hybridized carbons (Fsp3) is 0.250. The number of amides is 2. The van der Waals surface area contributed by atoms with Gasteiger partial charge in [-0.2, -0.15) is 23.4 Å². The van der Waals surface area contributed by atoms with Crippen molar-refractivity contribution in [1.82, 2.24) is 24.9 Å². The standard InChI is InChI=1S/C16H14BrF3N6O3/c1-25-7-9(11(23-25)14(27)21-6-8-4-3-5-29-8)22-15(28)12-10(17)13(16(18,19)20)26(2)24-12/h3-5,7H,6H2,1-2H3,(H,21,27)(H,22,28). The largest absolute Gasteiger partial charge is 0.467 e. The number of hydrogen-bond donors (Lipinski definition) is 2. The van der Waals surface area contributed by atoms with E-state index in [0.29, 0.717) is 10.4 Å². The lowest BCUT2D eigenvalue weighted by Gasteiger charge is -2.06. The van der Waals surface area contributed by atoms with Crippen LogP contribution >= 0.6 is 15.9 Å². The first-order chi connectivity index (χ1) is 13.6. The molecule has 0 saturated carbocycles. The fourth-order valence-electron chi connectivity index (χ4n) is 2.54. The minimum atomic E-state index is -4.70.